The van der Waals surface area contributed by atoms with Gasteiger partial charge in [-0.2, -0.15) is 15.0 Å². The minimum absolute atomic E-state index is 0.221. The molecular weight excluding hydrogens is 242 g/mol. The highest BCUT2D eigenvalue weighted by molar-refractivity contribution is 5.40. The average molecular weight is 261 g/mol. The molecule has 4 N–H and O–H groups in total. The molecule has 0 unspecified atom stereocenters. The second kappa shape index (κ2) is 5.55. The Balaban J connectivity index is 1.98. The lowest BCUT2D eigenvalue weighted by Crippen LogP contribution is -2.17. The molecule has 0 aliphatic rings. The molecule has 0 aliphatic carbocycles. The second-order valence-corrected chi connectivity index (χ2v) is 4.55. The van der Waals surface area contributed by atoms with E-state index in [-0.39, 0.29) is 5.95 Å². The van der Waals surface area contributed by atoms with Gasteiger partial charge in [-0.3, -0.25) is 0 Å². The van der Waals surface area contributed by atoms with E-state index >= 15 is 0 Å². The summed E-state index contributed by atoms with van der Waals surface area (Å²) in [5, 5.41) is 3.16. The van der Waals surface area contributed by atoms with Crippen LogP contribution in [0.1, 0.15) is 11.1 Å². The van der Waals surface area contributed by atoms with Gasteiger partial charge in [0.25, 0.3) is 0 Å². The third kappa shape index (κ3) is 3.34. The standard InChI is InChI=1S/C12H19N7/c1-8-6-14-7-9(8)4-5-15-11-16-10(13)17-12(18-11)19(2)3/h6-7,14H,4-5H2,1-3H3,(H3,13,15,16,17,18). The first-order chi connectivity index (χ1) is 9.06. The van der Waals surface area contributed by atoms with E-state index in [0.29, 0.717) is 11.9 Å². The molecule has 0 atom stereocenters. The molecular formula is C12H19N7. The Kier molecular flexibility index (Phi) is 3.84. The van der Waals surface area contributed by atoms with Crippen LogP contribution in [0.5, 0.6) is 0 Å². The molecule has 0 amide bonds. The van der Waals surface area contributed by atoms with Crippen molar-refractivity contribution in [1.29, 1.82) is 0 Å². The summed E-state index contributed by atoms with van der Waals surface area (Å²) in [6, 6.07) is 0. The van der Waals surface area contributed by atoms with E-state index < -0.39 is 0 Å². The Morgan fingerprint density at radius 3 is 2.68 bits per heavy atom. The van der Waals surface area contributed by atoms with Crippen molar-refractivity contribution in [2.24, 2.45) is 0 Å². The Morgan fingerprint density at radius 1 is 1.26 bits per heavy atom. The number of nitrogens with two attached hydrogens (primary N) is 1. The number of aromatic amines is 1. The number of aryl methyl sites for hydroxylation is 1. The lowest BCUT2D eigenvalue weighted by molar-refractivity contribution is 0.933. The van der Waals surface area contributed by atoms with Gasteiger partial charge in [-0.1, -0.05) is 0 Å². The normalized spacial score (nSPS) is 10.5. The van der Waals surface area contributed by atoms with Crippen LogP contribution >= 0.6 is 0 Å². The molecule has 19 heavy (non-hydrogen) atoms. The van der Waals surface area contributed by atoms with Gasteiger partial charge < -0.3 is 20.9 Å². The largest absolute Gasteiger partial charge is 0.368 e. The molecule has 0 aromatic carbocycles. The molecule has 2 heterocycles. The van der Waals surface area contributed by atoms with Crippen molar-refractivity contribution in [1.82, 2.24) is 19.9 Å². The first kappa shape index (κ1) is 13.1. The van der Waals surface area contributed by atoms with E-state index in [9.17, 15) is 0 Å². The summed E-state index contributed by atoms with van der Waals surface area (Å²) in [6.07, 6.45) is 4.89. The van der Waals surface area contributed by atoms with Gasteiger partial charge >= 0.3 is 0 Å². The Labute approximate surface area is 112 Å². The van der Waals surface area contributed by atoms with E-state index in [0.717, 1.165) is 13.0 Å². The van der Waals surface area contributed by atoms with Gasteiger partial charge in [0, 0.05) is 33.0 Å². The quantitative estimate of drug-likeness (QED) is 0.737. The van der Waals surface area contributed by atoms with Crippen LogP contribution in [0.4, 0.5) is 17.8 Å². The smallest absolute Gasteiger partial charge is 0.231 e. The predicted molar refractivity (Wildman–Crippen MR) is 76.3 cm³/mol. The van der Waals surface area contributed by atoms with Crippen molar-refractivity contribution in [3.8, 4) is 0 Å². The van der Waals surface area contributed by atoms with Crippen LogP contribution in [-0.2, 0) is 6.42 Å². The molecule has 0 radical (unpaired) electrons. The molecule has 102 valence electrons. The van der Waals surface area contributed by atoms with Gasteiger partial charge in [-0.25, -0.2) is 0 Å². The highest BCUT2D eigenvalue weighted by atomic mass is 15.3. The van der Waals surface area contributed by atoms with Crippen LogP contribution in [0.15, 0.2) is 12.4 Å². The van der Waals surface area contributed by atoms with Crippen LogP contribution in [0.3, 0.4) is 0 Å². The maximum Gasteiger partial charge on any atom is 0.231 e. The number of aromatic nitrogens is 4. The van der Waals surface area contributed by atoms with Gasteiger partial charge in [-0.05, 0) is 24.5 Å². The van der Waals surface area contributed by atoms with E-state index in [2.05, 4.69) is 32.2 Å². The maximum atomic E-state index is 5.65. The molecule has 2 aromatic heterocycles. The topological polar surface area (TPSA) is 95.8 Å². The number of hydrogen-bond acceptors (Lipinski definition) is 6. The van der Waals surface area contributed by atoms with E-state index in [1.807, 2.05) is 26.5 Å². The summed E-state index contributed by atoms with van der Waals surface area (Å²) in [4.78, 5) is 17.3. The summed E-state index contributed by atoms with van der Waals surface area (Å²) >= 11 is 0. The summed E-state index contributed by atoms with van der Waals surface area (Å²) in [5.41, 5.74) is 8.19. The molecule has 2 aromatic rings. The SMILES string of the molecule is Cc1c[nH]cc1CCNc1nc(N)nc(N(C)C)n1. The summed E-state index contributed by atoms with van der Waals surface area (Å²) in [6.45, 7) is 2.83. The zero-order chi connectivity index (χ0) is 13.8. The van der Waals surface area contributed by atoms with Gasteiger partial charge in [0.1, 0.15) is 0 Å². The minimum atomic E-state index is 0.221. The number of nitrogens with one attached hydrogen (secondary N) is 2. The van der Waals surface area contributed by atoms with Crippen LogP contribution in [0.2, 0.25) is 0 Å². The molecule has 0 fully saturated rings. The highest BCUT2D eigenvalue weighted by Gasteiger charge is 2.06. The van der Waals surface area contributed by atoms with E-state index in [1.54, 1.807) is 4.90 Å². The van der Waals surface area contributed by atoms with Crippen molar-refractivity contribution in [2.75, 3.05) is 36.6 Å². The molecule has 7 nitrogen and oxygen atoms in total. The third-order valence-electron chi connectivity index (χ3n) is 2.78. The van der Waals surface area contributed by atoms with Crippen LogP contribution < -0.4 is 16.0 Å². The van der Waals surface area contributed by atoms with Crippen LogP contribution in [0.25, 0.3) is 0 Å². The zero-order valence-electron chi connectivity index (χ0n) is 11.4. The van der Waals surface area contributed by atoms with Gasteiger partial charge in [0.15, 0.2) is 0 Å². The Morgan fingerprint density at radius 2 is 2.05 bits per heavy atom. The number of nitrogens with zero attached hydrogens (tertiary/aromatic N) is 4. The van der Waals surface area contributed by atoms with Crippen LogP contribution in [0, 0.1) is 6.92 Å². The minimum Gasteiger partial charge on any atom is -0.368 e. The van der Waals surface area contributed by atoms with Gasteiger partial charge in [0.2, 0.25) is 17.8 Å². The lowest BCUT2D eigenvalue weighted by atomic mass is 10.1. The molecule has 2 rings (SSSR count). The first-order valence-electron chi connectivity index (χ1n) is 6.11. The molecule has 7 heteroatoms. The number of H-pyrrole nitrogens is 1. The summed E-state index contributed by atoms with van der Waals surface area (Å²) in [7, 11) is 3.73. The fourth-order valence-corrected chi connectivity index (χ4v) is 1.71. The highest BCUT2D eigenvalue weighted by Crippen LogP contribution is 2.10. The monoisotopic (exact) mass is 261 g/mol. The number of hydrogen-bond donors (Lipinski definition) is 3. The molecule has 0 spiro atoms. The molecule has 0 saturated carbocycles. The molecule has 0 bridgehead atoms. The predicted octanol–water partition coefficient (Wildman–Crippen LogP) is 0.811. The Bertz CT molecular complexity index is 547. The number of nitrogen functional groups attached to an aromatic ring is 1. The third-order valence-corrected chi connectivity index (χ3v) is 2.78. The van der Waals surface area contributed by atoms with Crippen molar-refractivity contribution < 1.29 is 0 Å². The van der Waals surface area contributed by atoms with Gasteiger partial charge in [0.05, 0.1) is 0 Å². The number of anilines is 3. The summed E-state index contributed by atoms with van der Waals surface area (Å²) < 4.78 is 0. The van der Waals surface area contributed by atoms with Crippen molar-refractivity contribution >= 4 is 17.8 Å². The zero-order valence-corrected chi connectivity index (χ0v) is 11.4. The van der Waals surface area contributed by atoms with Gasteiger partial charge in [-0.15, -0.1) is 0 Å². The van der Waals surface area contributed by atoms with E-state index in [4.69, 9.17) is 5.73 Å². The average Bonchev–Trinajstić information content (AvgIpc) is 2.74. The lowest BCUT2D eigenvalue weighted by Gasteiger charge is -2.12. The number of rotatable bonds is 5. The van der Waals surface area contributed by atoms with Crippen molar-refractivity contribution in [3.05, 3.63) is 23.5 Å². The van der Waals surface area contributed by atoms with E-state index in [1.165, 1.54) is 11.1 Å². The van der Waals surface area contributed by atoms with Crippen LogP contribution in [-0.4, -0.2) is 40.6 Å². The fraction of sp³-hybridized carbons (Fsp3) is 0.417. The second-order valence-electron chi connectivity index (χ2n) is 4.55. The first-order valence-corrected chi connectivity index (χ1v) is 6.11. The maximum absolute atomic E-state index is 5.65. The van der Waals surface area contributed by atoms with Crippen molar-refractivity contribution in [3.63, 3.8) is 0 Å². The Hall–Kier alpha value is -2.31. The molecule has 0 saturated heterocycles. The summed E-state index contributed by atoms with van der Waals surface area (Å²) in [5.74, 6) is 1.27. The van der Waals surface area contributed by atoms with Crippen molar-refractivity contribution in [2.45, 2.75) is 13.3 Å². The molecule has 0 aliphatic heterocycles. The fourth-order valence-electron chi connectivity index (χ4n) is 1.71.